The lowest BCUT2D eigenvalue weighted by atomic mass is 9.98. The summed E-state index contributed by atoms with van der Waals surface area (Å²) >= 11 is 0. The zero-order valence-corrected chi connectivity index (χ0v) is 80.8. The number of rotatable bonds is 87. The highest BCUT2D eigenvalue weighted by Gasteiger charge is 2.47. The molecular weight excluding hydrogens is 1750 g/mol. The Morgan fingerprint density at radius 1 is 0.358 bits per heavy atom. The average molecular weight is 1930 g/mol. The summed E-state index contributed by atoms with van der Waals surface area (Å²) < 4.78 is 98.0. The zero-order chi connectivity index (χ0) is 97.2. The molecule has 4 aliphatic heterocycles. The molecule has 0 aromatic carbocycles. The van der Waals surface area contributed by atoms with Crippen molar-refractivity contribution in [3.05, 3.63) is 48.6 Å². The summed E-state index contributed by atoms with van der Waals surface area (Å²) in [6.45, 7) is 5.65. The number of nitrogens with zero attached hydrogens (tertiary/aromatic N) is 1. The molecule has 4 amide bonds. The average Bonchev–Trinajstić information content (AvgIpc) is 1.32. The molecule has 782 valence electrons. The van der Waals surface area contributed by atoms with E-state index in [1.807, 2.05) is 0 Å². The first-order valence-corrected chi connectivity index (χ1v) is 49.8. The molecule has 38 nitrogen and oxygen atoms in total. The lowest BCUT2D eigenvalue weighted by molar-refractivity contribution is -0.302. The predicted octanol–water partition coefficient (Wildman–Crippen LogP) is 3.97. The van der Waals surface area contributed by atoms with E-state index in [1.165, 1.54) is 103 Å². The van der Waals surface area contributed by atoms with Crippen LogP contribution in [-0.4, -0.2) is 404 Å². The van der Waals surface area contributed by atoms with Gasteiger partial charge in [0.15, 0.2) is 24.7 Å². The molecule has 16 N–H and O–H groups in total. The monoisotopic (exact) mass is 1930 g/mol. The van der Waals surface area contributed by atoms with Crippen LogP contribution in [0.5, 0.6) is 0 Å². The van der Waals surface area contributed by atoms with Gasteiger partial charge in [0, 0.05) is 64.7 Å². The summed E-state index contributed by atoms with van der Waals surface area (Å²) in [7, 11) is 2.09. The Morgan fingerprint density at radius 2 is 0.679 bits per heavy atom. The van der Waals surface area contributed by atoms with Crippen molar-refractivity contribution in [3.63, 3.8) is 0 Å². The predicted molar refractivity (Wildman–Crippen MR) is 498 cm³/mol. The van der Waals surface area contributed by atoms with Crippen molar-refractivity contribution in [2.75, 3.05) is 205 Å². The molecule has 0 aliphatic carbocycles. The summed E-state index contributed by atoms with van der Waals surface area (Å²) in [6, 6.07) is 0. The van der Waals surface area contributed by atoms with Crippen molar-refractivity contribution < 1.29 is 161 Å². The molecule has 4 saturated heterocycles. The number of amides is 4. The summed E-state index contributed by atoms with van der Waals surface area (Å²) in [5.74, 6) is -2.00. The van der Waals surface area contributed by atoms with Crippen LogP contribution in [-0.2, 0) is 99.7 Å². The van der Waals surface area contributed by atoms with Gasteiger partial charge in [0.25, 0.3) is 0 Å². The van der Waals surface area contributed by atoms with Crippen LogP contribution in [0.1, 0.15) is 226 Å². The van der Waals surface area contributed by atoms with Crippen LogP contribution in [0.3, 0.4) is 0 Å². The minimum Gasteiger partial charge on any atom is -0.394 e. The number of aliphatic hydroxyl groups excluding tert-OH is 12. The molecule has 0 bridgehead atoms. The molecule has 0 aromatic rings. The molecule has 4 rings (SSSR count). The van der Waals surface area contributed by atoms with E-state index in [1.54, 1.807) is 0 Å². The number of carbonyl (C=O) groups is 4. The Kier molecular flexibility index (Phi) is 72.1. The van der Waals surface area contributed by atoms with Gasteiger partial charge in [0.1, 0.15) is 78.8 Å². The second-order valence-corrected chi connectivity index (χ2v) is 34.9. The lowest BCUT2D eigenvalue weighted by Gasteiger charge is -2.39. The maximum atomic E-state index is 14.3. The minimum atomic E-state index is -1.58. The van der Waals surface area contributed by atoms with Gasteiger partial charge in [-0.3, -0.25) is 19.2 Å². The SMILES string of the molecule is CCCCC/C=C\C/C=C\CCCCCCCCC1(CCCCCCCC/C=C\C/C=C\CCCCC)OC[C@H](CN(C)CCCCCC(=O)NC(COCCC(=O)NCCOCCOCCO[C@@H]2OC(CO)[C@@H](O)C(O)C2O)(COCCC(=O)NCCOCCOCCO[C@@H]2O[C@@H](CO)[C@@H](O)C(O)C2O)COCCC(=O)NCCOCCOCCO[C@@H]2O[C@H](CO)[C@@H](O)C(O)C2O)O1. The van der Waals surface area contributed by atoms with Crippen LogP contribution >= 0.6 is 0 Å². The third-order valence-electron chi connectivity index (χ3n) is 23.2. The largest absolute Gasteiger partial charge is 0.394 e. The standard InChI is InChI=1S/C96H175N5O33/c1-4-6-8-10-12-14-16-18-20-22-24-26-28-30-32-36-43-96(44-37-33-31-29-27-25-23-21-19-17-15-13-11-9-7-5-2)130-71-75(134-96)67-101(3)48-38-34-35-39-82(108)100-95(72-124-49-40-79(105)97-45-52-118-55-58-121-61-64-127-92-89(115)86(112)83(109)76(68-102)131-92,73-125-50-41-80(106)98-46-53-119-56-59-122-62-65-128-93-90(116)87(113)84(110)77(69-103)132-93)74-126-51-42-81(107)99-47-54-120-57-60-123-63-66-129-94-91(117)88(114)85(111)78(70-104)133-94/h12-15,18-21,75-78,83-94,102-104,109-117H,4-11,16-17,22-74H2,1-3H3,(H,97,105)(H,98,106)(H,99,107)(H,100,108)/b14-12-,15-13-,20-18-,21-19-/t75-,76-,77+,78?,83+,84+,85+,86?,87?,88?,89?,90?,91?,92+,93+,94+,95?/m0/s1. The van der Waals surface area contributed by atoms with Crippen molar-refractivity contribution in [2.45, 2.75) is 335 Å². The van der Waals surface area contributed by atoms with Crippen molar-refractivity contribution in [2.24, 2.45) is 0 Å². The molecule has 0 radical (unpaired) electrons. The van der Waals surface area contributed by atoms with Gasteiger partial charge in [-0.1, -0.05) is 146 Å². The van der Waals surface area contributed by atoms with E-state index < -0.39 is 123 Å². The first-order valence-electron chi connectivity index (χ1n) is 49.8. The fourth-order valence-corrected chi connectivity index (χ4v) is 15.3. The quantitative estimate of drug-likeness (QED) is 0.0302. The Balaban J connectivity index is 1.34. The second kappa shape index (κ2) is 79.2. The molecule has 0 spiro atoms. The molecule has 8 unspecified atom stereocenters. The molecule has 134 heavy (non-hydrogen) atoms. The summed E-state index contributed by atoms with van der Waals surface area (Å²) in [4.78, 5) is 56.1. The Bertz CT molecular complexity index is 2760. The number of hydrogen-bond acceptors (Lipinski definition) is 34. The van der Waals surface area contributed by atoms with E-state index in [0.717, 1.165) is 83.6 Å². The molecule has 4 heterocycles. The summed E-state index contributed by atoms with van der Waals surface area (Å²) in [6.07, 6.45) is 29.4. The molecule has 4 fully saturated rings. The maximum absolute atomic E-state index is 14.3. The van der Waals surface area contributed by atoms with Crippen LogP contribution < -0.4 is 21.3 Å². The lowest BCUT2D eigenvalue weighted by Crippen LogP contribution is -2.59. The van der Waals surface area contributed by atoms with Crippen LogP contribution in [0.4, 0.5) is 0 Å². The number of nitrogens with one attached hydrogen (secondary N) is 4. The molecular formula is C96H175N5O33. The molecule has 0 aromatic heterocycles. The van der Waals surface area contributed by atoms with Crippen LogP contribution in [0, 0.1) is 0 Å². The number of carbonyl (C=O) groups excluding carboxylic acids is 4. The van der Waals surface area contributed by atoms with Gasteiger partial charge in [0.05, 0.1) is 171 Å². The van der Waals surface area contributed by atoms with E-state index >= 15 is 0 Å². The second-order valence-electron chi connectivity index (χ2n) is 34.9. The number of hydrogen-bond donors (Lipinski definition) is 16. The number of ether oxygens (including phenoxy) is 17. The molecule has 0 saturated carbocycles. The number of allylic oxidation sites excluding steroid dienone is 8. The zero-order valence-electron chi connectivity index (χ0n) is 80.8. The smallest absolute Gasteiger partial charge is 0.222 e. The van der Waals surface area contributed by atoms with Crippen LogP contribution in [0.15, 0.2) is 48.6 Å². The van der Waals surface area contributed by atoms with Gasteiger partial charge in [-0.15, -0.1) is 0 Å². The van der Waals surface area contributed by atoms with Crippen molar-refractivity contribution in [3.8, 4) is 0 Å². The summed E-state index contributed by atoms with van der Waals surface area (Å²) in [5, 5.41) is 131. The highest BCUT2D eigenvalue weighted by atomic mass is 16.8. The third kappa shape index (κ3) is 56.3. The minimum absolute atomic E-state index is 0.0405. The maximum Gasteiger partial charge on any atom is 0.222 e. The summed E-state index contributed by atoms with van der Waals surface area (Å²) in [5.41, 5.74) is -1.41. The van der Waals surface area contributed by atoms with Crippen LogP contribution in [0.2, 0.25) is 0 Å². The topological polar surface area (TPSA) is 519 Å². The van der Waals surface area contributed by atoms with Crippen molar-refractivity contribution >= 4 is 23.6 Å². The van der Waals surface area contributed by atoms with Crippen LogP contribution in [0.25, 0.3) is 0 Å². The number of likely N-dealkylation sites (N-methyl/N-ethyl adjacent to an activating group) is 1. The van der Waals surface area contributed by atoms with Crippen molar-refractivity contribution in [1.29, 1.82) is 0 Å². The van der Waals surface area contributed by atoms with E-state index in [9.17, 15) is 80.5 Å². The van der Waals surface area contributed by atoms with E-state index in [-0.39, 0.29) is 214 Å². The molecule has 38 heteroatoms. The Hall–Kier alpha value is -4.36. The van der Waals surface area contributed by atoms with Gasteiger partial charge in [-0.2, -0.15) is 0 Å². The van der Waals surface area contributed by atoms with Gasteiger partial charge in [0.2, 0.25) is 23.6 Å². The van der Waals surface area contributed by atoms with Crippen molar-refractivity contribution in [1.82, 2.24) is 26.2 Å². The van der Waals surface area contributed by atoms with E-state index in [2.05, 4.69) is 95.7 Å². The highest BCUT2D eigenvalue weighted by Crippen LogP contribution is 2.36. The normalized spacial score (nSPS) is 24.4. The third-order valence-corrected chi connectivity index (χ3v) is 23.2. The van der Waals surface area contributed by atoms with Gasteiger partial charge in [-0.25, -0.2) is 0 Å². The van der Waals surface area contributed by atoms with Gasteiger partial charge >= 0.3 is 0 Å². The van der Waals surface area contributed by atoms with Gasteiger partial charge in [-0.05, 0) is 103 Å². The van der Waals surface area contributed by atoms with E-state index in [0.29, 0.717) is 19.6 Å². The Labute approximate surface area is 796 Å². The first-order chi connectivity index (χ1) is 65.2. The molecule has 17 atom stereocenters. The fraction of sp³-hybridized carbons (Fsp3) is 0.875. The molecule has 4 aliphatic rings. The van der Waals surface area contributed by atoms with E-state index in [4.69, 9.17) is 80.5 Å². The first kappa shape index (κ1) is 122. The highest BCUT2D eigenvalue weighted by molar-refractivity contribution is 5.77. The number of unbranched alkanes of at least 4 members (excludes halogenated alkanes) is 20. The Morgan fingerprint density at radius 3 is 1.03 bits per heavy atom. The van der Waals surface area contributed by atoms with Gasteiger partial charge < -0.3 is 168 Å². The number of aliphatic hydroxyl groups is 12. The fourth-order valence-electron chi connectivity index (χ4n) is 15.3.